The van der Waals surface area contributed by atoms with Gasteiger partial charge in [0.2, 0.25) is 0 Å². The number of fused-ring (bicyclic) bond motifs is 11. The average Bonchev–Trinajstić information content (AvgIpc) is 3.71. The predicted octanol–water partition coefficient (Wildman–Crippen LogP) is 10.7. The minimum absolute atomic E-state index is 0.360. The van der Waals surface area contributed by atoms with Crippen molar-refractivity contribution >= 4 is 10.9 Å². The predicted molar refractivity (Wildman–Crippen MR) is 196 cm³/mol. The van der Waals surface area contributed by atoms with Crippen LogP contribution in [0.1, 0.15) is 33.5 Å². The van der Waals surface area contributed by atoms with Gasteiger partial charge in [-0.15, -0.1) is 0 Å². The van der Waals surface area contributed by atoms with Crippen LogP contribution in [0.25, 0.3) is 61.4 Å². The molecule has 0 amide bonds. The molecule has 0 bridgehead atoms. The third-order valence-corrected chi connectivity index (χ3v) is 10.7. The Bertz CT molecular complexity index is 2470. The highest BCUT2D eigenvalue weighted by molar-refractivity contribution is 6.01. The third kappa shape index (κ3) is 3.53. The van der Waals surface area contributed by atoms with Gasteiger partial charge >= 0.3 is 0 Å². The summed E-state index contributed by atoms with van der Waals surface area (Å²) in [5, 5.41) is 1.28. The molecule has 0 N–H and O–H groups in total. The van der Waals surface area contributed by atoms with E-state index < -0.39 is 0 Å². The smallest absolute Gasteiger partial charge is 0.0725 e. The number of pyridine rings is 2. The first-order valence-corrected chi connectivity index (χ1v) is 16.6. The van der Waals surface area contributed by atoms with Crippen molar-refractivity contribution in [3.8, 4) is 50.5 Å². The van der Waals surface area contributed by atoms with Gasteiger partial charge in [-0.05, 0) is 119 Å². The summed E-state index contributed by atoms with van der Waals surface area (Å²) in [4.78, 5) is 9.46. The Morgan fingerprint density at radius 3 is 1.50 bits per heavy atom. The van der Waals surface area contributed by atoms with Crippen LogP contribution in [-0.2, 0) is 5.41 Å². The van der Waals surface area contributed by atoms with Crippen LogP contribution < -0.4 is 0 Å². The number of aryl methyl sites for hydroxylation is 1. The number of aromatic nitrogens is 3. The molecular weight excluding hydrogens is 583 g/mol. The minimum atomic E-state index is -0.360. The summed E-state index contributed by atoms with van der Waals surface area (Å²) in [6.45, 7) is 4.52. The van der Waals surface area contributed by atoms with E-state index in [1.165, 1.54) is 66.7 Å². The monoisotopic (exact) mass is 613 g/mol. The second-order valence-corrected chi connectivity index (χ2v) is 13.0. The van der Waals surface area contributed by atoms with Gasteiger partial charge in [0.15, 0.2) is 0 Å². The second-order valence-electron chi connectivity index (χ2n) is 13.0. The molecular formula is C45H31N3. The van der Waals surface area contributed by atoms with Crippen molar-refractivity contribution in [2.75, 3.05) is 0 Å². The molecule has 3 heteroatoms. The summed E-state index contributed by atoms with van der Waals surface area (Å²) in [7, 11) is 0. The van der Waals surface area contributed by atoms with E-state index in [1.807, 2.05) is 36.7 Å². The Kier molecular flexibility index (Phi) is 5.63. The molecule has 0 radical (unpaired) electrons. The van der Waals surface area contributed by atoms with Crippen molar-refractivity contribution < 1.29 is 0 Å². The van der Waals surface area contributed by atoms with Crippen LogP contribution in [0.15, 0.2) is 152 Å². The van der Waals surface area contributed by atoms with Gasteiger partial charge in [-0.3, -0.25) is 9.97 Å². The molecule has 0 aliphatic heterocycles. The lowest BCUT2D eigenvalue weighted by molar-refractivity contribution is 0.795. The molecule has 1 spiro atoms. The van der Waals surface area contributed by atoms with Gasteiger partial charge in [-0.1, -0.05) is 84.9 Å². The van der Waals surface area contributed by atoms with Gasteiger partial charge in [0, 0.05) is 40.3 Å². The largest absolute Gasteiger partial charge is 0.314 e. The summed E-state index contributed by atoms with van der Waals surface area (Å²) >= 11 is 0. The molecule has 3 aromatic heterocycles. The SMILES string of the molecule is Cc1c(C)n(-c2cc(-c3ccccn3)cc(-c3ccccn3)c2)c2cc3c(cc12)C1(c2ccccc2-c2ccccc21)c1ccccc1-3. The summed E-state index contributed by atoms with van der Waals surface area (Å²) in [5.74, 6) is 0. The molecule has 0 fully saturated rings. The Balaban J connectivity index is 1.28. The Labute approximate surface area is 279 Å². The molecule has 2 aliphatic rings. The summed E-state index contributed by atoms with van der Waals surface area (Å²) in [6.07, 6.45) is 3.72. The lowest BCUT2D eigenvalue weighted by atomic mass is 9.70. The zero-order valence-electron chi connectivity index (χ0n) is 26.8. The van der Waals surface area contributed by atoms with E-state index in [-0.39, 0.29) is 5.41 Å². The lowest BCUT2D eigenvalue weighted by Gasteiger charge is -2.30. The van der Waals surface area contributed by atoms with E-state index in [2.05, 4.69) is 134 Å². The van der Waals surface area contributed by atoms with E-state index in [9.17, 15) is 0 Å². The van der Waals surface area contributed by atoms with E-state index >= 15 is 0 Å². The Morgan fingerprint density at radius 2 is 0.979 bits per heavy atom. The molecule has 2 aliphatic carbocycles. The molecule has 5 aromatic carbocycles. The summed E-state index contributed by atoms with van der Waals surface area (Å²) in [6, 6.07) is 50.9. The standard InChI is InChI=1S/C45H31N3/c1-28-29(2)48(32-24-30(42-19-9-11-21-46-42)23-31(25-32)43-20-10-12-22-47-43)44-27-37-35-15-5-8-18-40(35)45(41(37)26-36(28)44)38-16-6-3-13-33(38)34-14-4-7-17-39(34)45/h3-27H,1-2H3. The van der Waals surface area contributed by atoms with Crippen molar-refractivity contribution in [2.24, 2.45) is 0 Å². The van der Waals surface area contributed by atoms with Gasteiger partial charge in [0.25, 0.3) is 0 Å². The van der Waals surface area contributed by atoms with Crippen molar-refractivity contribution in [2.45, 2.75) is 19.3 Å². The fourth-order valence-electron chi connectivity index (χ4n) is 8.59. The topological polar surface area (TPSA) is 30.7 Å². The van der Waals surface area contributed by atoms with Crippen LogP contribution >= 0.6 is 0 Å². The number of hydrogen-bond acceptors (Lipinski definition) is 2. The molecule has 3 heterocycles. The van der Waals surface area contributed by atoms with E-state index in [1.54, 1.807) is 0 Å². The normalized spacial score (nSPS) is 13.4. The first kappa shape index (κ1) is 27.1. The van der Waals surface area contributed by atoms with Gasteiger partial charge < -0.3 is 4.57 Å². The molecule has 8 aromatic rings. The van der Waals surface area contributed by atoms with Crippen molar-refractivity contribution in [1.29, 1.82) is 0 Å². The fourth-order valence-corrected chi connectivity index (χ4v) is 8.59. The zero-order valence-corrected chi connectivity index (χ0v) is 26.8. The highest BCUT2D eigenvalue weighted by Gasteiger charge is 2.51. The first-order chi connectivity index (χ1) is 23.6. The second kappa shape index (κ2) is 9.97. The number of benzene rings is 5. The Morgan fingerprint density at radius 1 is 0.479 bits per heavy atom. The van der Waals surface area contributed by atoms with Crippen LogP contribution in [0.4, 0.5) is 0 Å². The van der Waals surface area contributed by atoms with Gasteiger partial charge in [0.05, 0.1) is 22.3 Å². The van der Waals surface area contributed by atoms with Crippen molar-refractivity contribution in [3.05, 3.63) is 185 Å². The van der Waals surface area contributed by atoms with Crippen LogP contribution in [0.5, 0.6) is 0 Å². The summed E-state index contributed by atoms with van der Waals surface area (Å²) in [5.41, 5.74) is 19.2. The highest BCUT2D eigenvalue weighted by Crippen LogP contribution is 2.63. The Hall–Kier alpha value is -6.06. The van der Waals surface area contributed by atoms with Gasteiger partial charge in [0.1, 0.15) is 0 Å². The third-order valence-electron chi connectivity index (χ3n) is 10.7. The van der Waals surface area contributed by atoms with Crippen molar-refractivity contribution in [3.63, 3.8) is 0 Å². The van der Waals surface area contributed by atoms with Crippen LogP contribution in [0.3, 0.4) is 0 Å². The molecule has 0 saturated heterocycles. The van der Waals surface area contributed by atoms with Crippen molar-refractivity contribution in [1.82, 2.24) is 14.5 Å². The first-order valence-electron chi connectivity index (χ1n) is 16.6. The average molecular weight is 614 g/mol. The van der Waals surface area contributed by atoms with Crippen LogP contribution in [-0.4, -0.2) is 14.5 Å². The highest BCUT2D eigenvalue weighted by atomic mass is 15.0. The molecule has 226 valence electrons. The molecule has 0 atom stereocenters. The maximum Gasteiger partial charge on any atom is 0.0725 e. The maximum atomic E-state index is 4.73. The zero-order chi connectivity index (χ0) is 32.0. The maximum absolute atomic E-state index is 4.73. The van der Waals surface area contributed by atoms with E-state index in [0.29, 0.717) is 0 Å². The number of rotatable bonds is 3. The fraction of sp³-hybridized carbons (Fsp3) is 0.0667. The molecule has 3 nitrogen and oxygen atoms in total. The quantitative estimate of drug-likeness (QED) is 0.198. The van der Waals surface area contributed by atoms with E-state index in [4.69, 9.17) is 9.97 Å². The van der Waals surface area contributed by atoms with Gasteiger partial charge in [-0.2, -0.15) is 0 Å². The minimum Gasteiger partial charge on any atom is -0.314 e. The van der Waals surface area contributed by atoms with E-state index in [0.717, 1.165) is 28.2 Å². The summed E-state index contributed by atoms with van der Waals surface area (Å²) < 4.78 is 2.44. The molecule has 0 unspecified atom stereocenters. The molecule has 0 saturated carbocycles. The van der Waals surface area contributed by atoms with Gasteiger partial charge in [-0.25, -0.2) is 0 Å². The molecule has 48 heavy (non-hydrogen) atoms. The number of nitrogens with zero attached hydrogens (tertiary/aromatic N) is 3. The lowest BCUT2D eigenvalue weighted by Crippen LogP contribution is -2.25. The molecule has 10 rings (SSSR count). The van der Waals surface area contributed by atoms with Crippen LogP contribution in [0, 0.1) is 13.8 Å². The van der Waals surface area contributed by atoms with Crippen LogP contribution in [0.2, 0.25) is 0 Å². The number of hydrogen-bond donors (Lipinski definition) is 0.